The van der Waals surface area contributed by atoms with Gasteiger partial charge in [-0.1, -0.05) is 0 Å². The van der Waals surface area contributed by atoms with Gasteiger partial charge >= 0.3 is 0 Å². The second-order valence-corrected chi connectivity index (χ2v) is 5.18. The van der Waals surface area contributed by atoms with Crippen molar-refractivity contribution < 1.29 is 9.72 Å². The van der Waals surface area contributed by atoms with Crippen LogP contribution < -0.4 is 10.6 Å². The van der Waals surface area contributed by atoms with Crippen molar-refractivity contribution in [1.82, 2.24) is 5.32 Å². The number of carbonyl (C=O) groups excluding carboxylic acids is 1. The van der Waals surface area contributed by atoms with Crippen LogP contribution in [-0.2, 0) is 0 Å². The molecule has 1 amide bonds. The molecular formula is C13H19N3O3S. The van der Waals surface area contributed by atoms with Gasteiger partial charge in [-0.25, -0.2) is 0 Å². The molecule has 0 heterocycles. The SMILES string of the molecule is CNc1ccc([N+](=O)[O-])cc1C(=O)NCCCCSC. The number of anilines is 1. The van der Waals surface area contributed by atoms with Crippen LogP contribution in [0.2, 0.25) is 0 Å². The maximum atomic E-state index is 12.1. The predicted molar refractivity (Wildman–Crippen MR) is 82.6 cm³/mol. The number of unbranched alkanes of at least 4 members (excludes halogenated alkanes) is 1. The second-order valence-electron chi connectivity index (χ2n) is 4.19. The molecule has 0 unspecified atom stereocenters. The maximum absolute atomic E-state index is 12.1. The van der Waals surface area contributed by atoms with Gasteiger partial charge in [0.2, 0.25) is 0 Å². The average Bonchev–Trinajstić information content (AvgIpc) is 2.46. The van der Waals surface area contributed by atoms with E-state index in [4.69, 9.17) is 0 Å². The highest BCUT2D eigenvalue weighted by molar-refractivity contribution is 7.98. The summed E-state index contributed by atoms with van der Waals surface area (Å²) in [5, 5.41) is 16.4. The van der Waals surface area contributed by atoms with E-state index in [0.29, 0.717) is 17.8 Å². The summed E-state index contributed by atoms with van der Waals surface area (Å²) in [6.07, 6.45) is 3.98. The van der Waals surface area contributed by atoms with Crippen molar-refractivity contribution in [3.63, 3.8) is 0 Å². The number of hydrogen-bond donors (Lipinski definition) is 2. The number of nitro benzene ring substituents is 1. The molecule has 0 aliphatic heterocycles. The number of benzene rings is 1. The molecule has 0 atom stereocenters. The van der Waals surface area contributed by atoms with Crippen LogP contribution in [0.25, 0.3) is 0 Å². The van der Waals surface area contributed by atoms with Gasteiger partial charge in [-0.3, -0.25) is 14.9 Å². The number of nitro groups is 1. The van der Waals surface area contributed by atoms with E-state index in [1.807, 2.05) is 6.26 Å². The average molecular weight is 297 g/mol. The van der Waals surface area contributed by atoms with Crippen molar-refractivity contribution in [2.24, 2.45) is 0 Å². The lowest BCUT2D eigenvalue weighted by molar-refractivity contribution is -0.384. The van der Waals surface area contributed by atoms with Gasteiger partial charge in [-0.2, -0.15) is 11.8 Å². The maximum Gasteiger partial charge on any atom is 0.270 e. The van der Waals surface area contributed by atoms with Crippen molar-refractivity contribution in [2.45, 2.75) is 12.8 Å². The number of nitrogens with one attached hydrogen (secondary N) is 2. The zero-order valence-electron chi connectivity index (χ0n) is 11.6. The molecule has 1 aromatic rings. The highest BCUT2D eigenvalue weighted by Crippen LogP contribution is 2.21. The molecule has 20 heavy (non-hydrogen) atoms. The highest BCUT2D eigenvalue weighted by atomic mass is 32.2. The molecule has 0 bridgehead atoms. The Morgan fingerprint density at radius 1 is 1.40 bits per heavy atom. The number of non-ortho nitro benzene ring substituents is 1. The number of carbonyl (C=O) groups is 1. The molecule has 0 aliphatic rings. The van der Waals surface area contributed by atoms with Gasteiger partial charge in [0.25, 0.3) is 11.6 Å². The summed E-state index contributed by atoms with van der Waals surface area (Å²) in [6.45, 7) is 0.575. The normalized spacial score (nSPS) is 10.1. The van der Waals surface area contributed by atoms with E-state index in [-0.39, 0.29) is 11.6 Å². The van der Waals surface area contributed by atoms with Crippen LogP contribution in [0, 0.1) is 10.1 Å². The molecule has 7 heteroatoms. The first-order valence-electron chi connectivity index (χ1n) is 6.33. The Kier molecular flexibility index (Phi) is 6.86. The number of nitrogens with zero attached hydrogens (tertiary/aromatic N) is 1. The van der Waals surface area contributed by atoms with Gasteiger partial charge in [0, 0.05) is 31.4 Å². The quantitative estimate of drug-likeness (QED) is 0.437. The Morgan fingerprint density at radius 3 is 2.75 bits per heavy atom. The van der Waals surface area contributed by atoms with E-state index >= 15 is 0 Å². The zero-order chi connectivity index (χ0) is 15.0. The Morgan fingerprint density at radius 2 is 2.15 bits per heavy atom. The monoisotopic (exact) mass is 297 g/mol. The van der Waals surface area contributed by atoms with Crippen molar-refractivity contribution in [2.75, 3.05) is 30.9 Å². The predicted octanol–water partition coefficient (Wildman–Crippen LogP) is 2.51. The Bertz CT molecular complexity index is 480. The minimum Gasteiger partial charge on any atom is -0.387 e. The van der Waals surface area contributed by atoms with E-state index in [9.17, 15) is 14.9 Å². The summed E-state index contributed by atoms with van der Waals surface area (Å²) >= 11 is 1.77. The number of hydrogen-bond acceptors (Lipinski definition) is 5. The Labute approximate surface area is 122 Å². The number of amides is 1. The summed E-state index contributed by atoms with van der Waals surface area (Å²) in [4.78, 5) is 22.3. The summed E-state index contributed by atoms with van der Waals surface area (Å²) in [5.41, 5.74) is 0.792. The summed E-state index contributed by atoms with van der Waals surface area (Å²) in [7, 11) is 1.68. The lowest BCUT2D eigenvalue weighted by atomic mass is 10.1. The molecular weight excluding hydrogens is 278 g/mol. The van der Waals surface area contributed by atoms with Gasteiger partial charge in [-0.15, -0.1) is 0 Å². The lowest BCUT2D eigenvalue weighted by Gasteiger charge is -2.09. The summed E-state index contributed by atoms with van der Waals surface area (Å²) < 4.78 is 0. The Balaban J connectivity index is 2.70. The molecule has 110 valence electrons. The van der Waals surface area contributed by atoms with Crippen LogP contribution >= 0.6 is 11.8 Å². The third-order valence-electron chi connectivity index (χ3n) is 2.79. The first kappa shape index (κ1) is 16.3. The highest BCUT2D eigenvalue weighted by Gasteiger charge is 2.15. The summed E-state index contributed by atoms with van der Waals surface area (Å²) in [6, 6.07) is 4.21. The minimum absolute atomic E-state index is 0.0865. The second kappa shape index (κ2) is 8.42. The van der Waals surface area contributed by atoms with Crippen molar-refractivity contribution in [3.8, 4) is 0 Å². The van der Waals surface area contributed by atoms with Gasteiger partial charge in [0.1, 0.15) is 0 Å². The van der Waals surface area contributed by atoms with Crippen LogP contribution in [0.1, 0.15) is 23.2 Å². The van der Waals surface area contributed by atoms with E-state index in [1.165, 1.54) is 12.1 Å². The van der Waals surface area contributed by atoms with Crippen LogP contribution in [0.5, 0.6) is 0 Å². The molecule has 0 aliphatic carbocycles. The first-order chi connectivity index (χ1) is 9.60. The smallest absolute Gasteiger partial charge is 0.270 e. The largest absolute Gasteiger partial charge is 0.387 e. The van der Waals surface area contributed by atoms with E-state index in [2.05, 4.69) is 10.6 Å². The third kappa shape index (κ3) is 4.73. The van der Waals surface area contributed by atoms with Crippen molar-refractivity contribution in [3.05, 3.63) is 33.9 Å². The lowest BCUT2D eigenvalue weighted by Crippen LogP contribution is -2.25. The topological polar surface area (TPSA) is 84.3 Å². The molecule has 0 saturated carbocycles. The fourth-order valence-electron chi connectivity index (χ4n) is 1.72. The first-order valence-corrected chi connectivity index (χ1v) is 7.73. The molecule has 0 spiro atoms. The van der Waals surface area contributed by atoms with Crippen molar-refractivity contribution >= 4 is 29.0 Å². The van der Waals surface area contributed by atoms with Gasteiger partial charge in [0.05, 0.1) is 10.5 Å². The standard InChI is InChI=1S/C13H19N3O3S/c1-14-12-6-5-10(16(18)19)9-11(12)13(17)15-7-3-4-8-20-2/h5-6,9,14H,3-4,7-8H2,1-2H3,(H,15,17). The van der Waals surface area contributed by atoms with Crippen molar-refractivity contribution in [1.29, 1.82) is 0 Å². The number of thioether (sulfide) groups is 1. The molecule has 1 rings (SSSR count). The fraction of sp³-hybridized carbons (Fsp3) is 0.462. The molecule has 0 radical (unpaired) electrons. The molecule has 0 fully saturated rings. The van der Waals surface area contributed by atoms with Gasteiger partial charge in [0.15, 0.2) is 0 Å². The molecule has 2 N–H and O–H groups in total. The molecule has 6 nitrogen and oxygen atoms in total. The van der Waals surface area contributed by atoms with E-state index in [1.54, 1.807) is 24.9 Å². The number of rotatable bonds is 8. The summed E-state index contributed by atoms with van der Waals surface area (Å²) in [5.74, 6) is 0.774. The molecule has 0 aromatic heterocycles. The minimum atomic E-state index is -0.505. The van der Waals surface area contributed by atoms with Gasteiger partial charge in [-0.05, 0) is 30.9 Å². The van der Waals surface area contributed by atoms with Crippen LogP contribution in [0.4, 0.5) is 11.4 Å². The van der Waals surface area contributed by atoms with Crippen LogP contribution in [-0.4, -0.2) is 36.4 Å². The van der Waals surface area contributed by atoms with Gasteiger partial charge < -0.3 is 10.6 Å². The van der Waals surface area contributed by atoms with Crippen LogP contribution in [0.15, 0.2) is 18.2 Å². The molecule has 0 saturated heterocycles. The Hall–Kier alpha value is -1.76. The third-order valence-corrected chi connectivity index (χ3v) is 3.49. The fourth-order valence-corrected chi connectivity index (χ4v) is 2.21. The molecule has 1 aromatic carbocycles. The van der Waals surface area contributed by atoms with E-state index < -0.39 is 4.92 Å². The van der Waals surface area contributed by atoms with E-state index in [0.717, 1.165) is 18.6 Å². The van der Waals surface area contributed by atoms with Crippen LogP contribution in [0.3, 0.4) is 0 Å². The zero-order valence-corrected chi connectivity index (χ0v) is 12.5.